The molecule has 2 aliphatic rings. The van der Waals surface area contributed by atoms with Crippen molar-refractivity contribution in [2.75, 3.05) is 5.32 Å². The number of hydrogen-bond donors (Lipinski definition) is 1. The Balaban J connectivity index is 1.55. The Labute approximate surface area is 171 Å². The third kappa shape index (κ3) is 3.97. The van der Waals surface area contributed by atoms with E-state index in [2.05, 4.69) is 59.4 Å². The molecular weight excluding hydrogens is 356 g/mol. The van der Waals surface area contributed by atoms with E-state index in [0.717, 1.165) is 22.3 Å². The van der Waals surface area contributed by atoms with Gasteiger partial charge in [0.1, 0.15) is 5.82 Å². The molecule has 0 bridgehead atoms. The van der Waals surface area contributed by atoms with Gasteiger partial charge in [0, 0.05) is 28.8 Å². The molecule has 0 fully saturated rings. The molecule has 1 N–H and O–H groups in total. The second kappa shape index (κ2) is 7.77. The minimum absolute atomic E-state index is 0.189. The molecule has 0 saturated carbocycles. The highest BCUT2D eigenvalue weighted by atomic mass is 16.1. The standard InChI is InChI=1S/C26H22N2O/c1-17-13-14-27-25(15-17)28-26(29)22-8-7-18(2)21(16-22)10-9-20-11-12-23-19(3)5-4-6-24(20)23/h4-8,11-16,24H,1-3H3,(H,27,28,29). The summed E-state index contributed by atoms with van der Waals surface area (Å²) >= 11 is 0. The summed E-state index contributed by atoms with van der Waals surface area (Å²) in [7, 11) is 0. The quantitative estimate of drug-likeness (QED) is 0.721. The monoisotopic (exact) mass is 378 g/mol. The number of pyridine rings is 1. The number of nitrogens with one attached hydrogen (secondary N) is 1. The van der Waals surface area contributed by atoms with E-state index in [-0.39, 0.29) is 11.8 Å². The fourth-order valence-corrected chi connectivity index (χ4v) is 3.50. The SMILES string of the molecule is CC1=CC=CC2C(C#Cc3cc(C(=O)Nc4cc(C)ccn4)ccc3C)=CC=C12. The first-order chi connectivity index (χ1) is 14.0. The molecule has 0 aliphatic heterocycles. The Hall–Kier alpha value is -3.64. The molecule has 142 valence electrons. The lowest BCUT2D eigenvalue weighted by molar-refractivity contribution is 0.102. The number of aryl methyl sites for hydroxylation is 2. The highest BCUT2D eigenvalue weighted by Gasteiger charge is 2.22. The normalized spacial score (nSPS) is 16.8. The Kier molecular flexibility index (Phi) is 5.01. The number of carbonyl (C=O) groups excluding carboxylic acids is 1. The topological polar surface area (TPSA) is 42.0 Å². The molecule has 1 amide bonds. The highest BCUT2D eigenvalue weighted by molar-refractivity contribution is 6.04. The van der Waals surface area contributed by atoms with Gasteiger partial charge in [0.15, 0.2) is 0 Å². The first-order valence-corrected chi connectivity index (χ1v) is 9.65. The summed E-state index contributed by atoms with van der Waals surface area (Å²) in [6, 6.07) is 9.34. The molecule has 1 heterocycles. The number of amides is 1. The van der Waals surface area contributed by atoms with Gasteiger partial charge in [0.25, 0.3) is 5.91 Å². The number of rotatable bonds is 2. The lowest BCUT2D eigenvalue weighted by Gasteiger charge is -2.16. The molecule has 29 heavy (non-hydrogen) atoms. The van der Waals surface area contributed by atoms with Crippen molar-refractivity contribution < 1.29 is 4.79 Å². The maximum absolute atomic E-state index is 12.6. The number of benzene rings is 1. The molecule has 3 heteroatoms. The minimum atomic E-state index is -0.189. The zero-order valence-electron chi connectivity index (χ0n) is 16.8. The Bertz CT molecular complexity index is 1180. The van der Waals surface area contributed by atoms with E-state index in [1.807, 2.05) is 44.2 Å². The second-order valence-electron chi connectivity index (χ2n) is 7.41. The van der Waals surface area contributed by atoms with Crippen molar-refractivity contribution in [1.29, 1.82) is 0 Å². The molecule has 0 saturated heterocycles. The van der Waals surface area contributed by atoms with Crippen LogP contribution in [-0.4, -0.2) is 10.9 Å². The molecule has 0 spiro atoms. The summed E-state index contributed by atoms with van der Waals surface area (Å²) < 4.78 is 0. The summed E-state index contributed by atoms with van der Waals surface area (Å²) in [5.74, 6) is 7.19. The van der Waals surface area contributed by atoms with Crippen LogP contribution < -0.4 is 5.32 Å². The molecule has 2 aliphatic carbocycles. The number of aromatic nitrogens is 1. The summed E-state index contributed by atoms with van der Waals surface area (Å²) in [4.78, 5) is 16.8. The van der Waals surface area contributed by atoms with Crippen molar-refractivity contribution in [2.24, 2.45) is 5.92 Å². The van der Waals surface area contributed by atoms with E-state index in [1.165, 1.54) is 11.1 Å². The third-order valence-corrected chi connectivity index (χ3v) is 5.22. The maximum atomic E-state index is 12.6. The molecule has 4 rings (SSSR count). The Morgan fingerprint density at radius 2 is 1.90 bits per heavy atom. The van der Waals surface area contributed by atoms with Crippen molar-refractivity contribution in [3.63, 3.8) is 0 Å². The lowest BCUT2D eigenvalue weighted by Crippen LogP contribution is -2.13. The predicted molar refractivity (Wildman–Crippen MR) is 118 cm³/mol. The van der Waals surface area contributed by atoms with Gasteiger partial charge < -0.3 is 5.32 Å². The van der Waals surface area contributed by atoms with Crippen LogP contribution >= 0.6 is 0 Å². The summed E-state index contributed by atoms with van der Waals surface area (Å²) in [5, 5.41) is 2.85. The van der Waals surface area contributed by atoms with Crippen molar-refractivity contribution in [1.82, 2.24) is 4.98 Å². The maximum Gasteiger partial charge on any atom is 0.256 e. The van der Waals surface area contributed by atoms with E-state index in [1.54, 1.807) is 6.20 Å². The highest BCUT2D eigenvalue weighted by Crippen LogP contribution is 2.35. The minimum Gasteiger partial charge on any atom is -0.307 e. The van der Waals surface area contributed by atoms with Crippen LogP contribution in [0.3, 0.4) is 0 Å². The molecule has 1 aromatic heterocycles. The Morgan fingerprint density at radius 1 is 1.03 bits per heavy atom. The number of nitrogens with zero attached hydrogens (tertiary/aromatic N) is 1. The van der Waals surface area contributed by atoms with Crippen LogP contribution in [0.25, 0.3) is 0 Å². The average molecular weight is 378 g/mol. The van der Waals surface area contributed by atoms with Crippen LogP contribution in [-0.2, 0) is 0 Å². The zero-order chi connectivity index (χ0) is 20.4. The average Bonchev–Trinajstić information content (AvgIpc) is 3.12. The van der Waals surface area contributed by atoms with E-state index in [4.69, 9.17) is 0 Å². The van der Waals surface area contributed by atoms with Gasteiger partial charge in [-0.15, -0.1) is 0 Å². The number of hydrogen-bond acceptors (Lipinski definition) is 2. The van der Waals surface area contributed by atoms with Gasteiger partial charge in [-0.1, -0.05) is 42.2 Å². The predicted octanol–water partition coefficient (Wildman–Crippen LogP) is 5.30. The number of carbonyl (C=O) groups is 1. The van der Waals surface area contributed by atoms with E-state index >= 15 is 0 Å². The number of fused-ring (bicyclic) bond motifs is 1. The van der Waals surface area contributed by atoms with Gasteiger partial charge >= 0.3 is 0 Å². The van der Waals surface area contributed by atoms with Crippen molar-refractivity contribution in [3.05, 3.63) is 106 Å². The Morgan fingerprint density at radius 3 is 2.72 bits per heavy atom. The molecule has 3 nitrogen and oxygen atoms in total. The van der Waals surface area contributed by atoms with Crippen molar-refractivity contribution in [3.8, 4) is 11.8 Å². The molecule has 1 atom stereocenters. The third-order valence-electron chi connectivity index (χ3n) is 5.22. The zero-order valence-corrected chi connectivity index (χ0v) is 16.8. The molecule has 1 unspecified atom stereocenters. The van der Waals surface area contributed by atoms with E-state index in [0.29, 0.717) is 11.4 Å². The van der Waals surface area contributed by atoms with Crippen LogP contribution in [0.4, 0.5) is 5.82 Å². The van der Waals surface area contributed by atoms with Crippen molar-refractivity contribution in [2.45, 2.75) is 20.8 Å². The number of anilines is 1. The van der Waals surface area contributed by atoms with Gasteiger partial charge in [0.2, 0.25) is 0 Å². The molecular formula is C26H22N2O. The van der Waals surface area contributed by atoms with Gasteiger partial charge in [-0.2, -0.15) is 0 Å². The van der Waals surface area contributed by atoms with Crippen molar-refractivity contribution >= 4 is 11.7 Å². The molecule has 1 aromatic carbocycles. The van der Waals surface area contributed by atoms with Gasteiger partial charge in [0.05, 0.1) is 0 Å². The van der Waals surface area contributed by atoms with Gasteiger partial charge in [-0.3, -0.25) is 4.79 Å². The summed E-state index contributed by atoms with van der Waals surface area (Å²) in [5.41, 5.74) is 7.20. The summed E-state index contributed by atoms with van der Waals surface area (Å²) in [6.07, 6.45) is 12.3. The van der Waals surface area contributed by atoms with Crippen LogP contribution in [0, 0.1) is 31.6 Å². The fraction of sp³-hybridized carbons (Fsp3) is 0.154. The van der Waals surface area contributed by atoms with E-state index < -0.39 is 0 Å². The second-order valence-corrected chi connectivity index (χ2v) is 7.41. The molecule has 0 radical (unpaired) electrons. The summed E-state index contributed by atoms with van der Waals surface area (Å²) in [6.45, 7) is 6.10. The van der Waals surface area contributed by atoms with Crippen LogP contribution in [0.15, 0.2) is 83.6 Å². The van der Waals surface area contributed by atoms with Crippen LogP contribution in [0.1, 0.15) is 34.0 Å². The molecule has 2 aromatic rings. The first kappa shape index (κ1) is 18.7. The fourth-order valence-electron chi connectivity index (χ4n) is 3.50. The van der Waals surface area contributed by atoms with Gasteiger partial charge in [-0.25, -0.2) is 4.98 Å². The van der Waals surface area contributed by atoms with Crippen LogP contribution in [0.2, 0.25) is 0 Å². The van der Waals surface area contributed by atoms with Crippen LogP contribution in [0.5, 0.6) is 0 Å². The first-order valence-electron chi connectivity index (χ1n) is 9.65. The number of allylic oxidation sites excluding steroid dienone is 8. The smallest absolute Gasteiger partial charge is 0.256 e. The van der Waals surface area contributed by atoms with Gasteiger partial charge in [-0.05, 0) is 73.4 Å². The van der Waals surface area contributed by atoms with E-state index in [9.17, 15) is 4.79 Å². The lowest BCUT2D eigenvalue weighted by atomic mass is 9.87. The largest absolute Gasteiger partial charge is 0.307 e.